The lowest BCUT2D eigenvalue weighted by molar-refractivity contribution is -0.137. The smallest absolute Gasteiger partial charge is 0.416 e. The van der Waals surface area contributed by atoms with Crippen molar-refractivity contribution in [2.75, 3.05) is 23.3 Å². The van der Waals surface area contributed by atoms with Crippen LogP contribution >= 0.6 is 0 Å². The first-order chi connectivity index (χ1) is 21.2. The number of anilines is 2. The van der Waals surface area contributed by atoms with Gasteiger partial charge in [0.05, 0.1) is 35.2 Å². The minimum absolute atomic E-state index is 0.0879. The van der Waals surface area contributed by atoms with Crippen molar-refractivity contribution in [3.63, 3.8) is 0 Å². The number of ether oxygens (including phenoxy) is 1. The second kappa shape index (κ2) is 10.1. The van der Waals surface area contributed by atoms with E-state index in [9.17, 15) is 31.9 Å². The van der Waals surface area contributed by atoms with Crippen molar-refractivity contribution < 1.29 is 31.9 Å². The monoisotopic (exact) mass is 628 g/mol. The first-order valence-corrected chi connectivity index (χ1v) is 15.0. The molecule has 2 aromatic heterocycles. The summed E-state index contributed by atoms with van der Waals surface area (Å²) < 4.78 is 60.9. The number of hydrogen-bond acceptors (Lipinski definition) is 7. The van der Waals surface area contributed by atoms with E-state index in [2.05, 4.69) is 15.3 Å². The molecule has 2 aliphatic heterocycles. The number of piperazine rings is 1. The molecule has 238 valence electrons. The van der Waals surface area contributed by atoms with Crippen molar-refractivity contribution in [2.24, 2.45) is 5.92 Å². The second-order valence-electron chi connectivity index (χ2n) is 13.3. The average molecular weight is 629 g/mol. The van der Waals surface area contributed by atoms with Crippen LogP contribution in [0.3, 0.4) is 0 Å². The Bertz CT molecular complexity index is 1800. The van der Waals surface area contributed by atoms with Crippen LogP contribution in [0.25, 0.3) is 11.2 Å². The molecule has 0 spiro atoms. The number of fused-ring (bicyclic) bond motifs is 3. The predicted octanol–water partition coefficient (Wildman–Crippen LogP) is 4.84. The first-order valence-electron chi connectivity index (χ1n) is 15.0. The molecule has 10 nitrogen and oxygen atoms in total. The summed E-state index contributed by atoms with van der Waals surface area (Å²) in [5.41, 5.74) is -0.464. The van der Waals surface area contributed by atoms with Crippen LogP contribution in [0.5, 0.6) is 0 Å². The summed E-state index contributed by atoms with van der Waals surface area (Å²) in [5, 5.41) is 2.38. The van der Waals surface area contributed by atoms with Crippen LogP contribution in [-0.2, 0) is 28.7 Å². The fourth-order valence-corrected chi connectivity index (χ4v) is 6.89. The number of halogens is 4. The highest BCUT2D eigenvalue weighted by Gasteiger charge is 2.55. The maximum Gasteiger partial charge on any atom is 0.416 e. The van der Waals surface area contributed by atoms with E-state index in [1.165, 1.54) is 0 Å². The van der Waals surface area contributed by atoms with Crippen molar-refractivity contribution >= 4 is 34.5 Å². The number of aromatic nitrogens is 3. The van der Waals surface area contributed by atoms with Gasteiger partial charge >= 0.3 is 12.3 Å². The number of rotatable bonds is 4. The second-order valence-corrected chi connectivity index (χ2v) is 13.3. The number of nitrogens with one attached hydrogen (secondary N) is 1. The summed E-state index contributed by atoms with van der Waals surface area (Å²) in [4.78, 5) is 53.5. The molecule has 1 aromatic carbocycles. The van der Waals surface area contributed by atoms with Crippen molar-refractivity contribution in [1.29, 1.82) is 0 Å². The molecular weight excluding hydrogens is 596 g/mol. The van der Waals surface area contributed by atoms with Crippen molar-refractivity contribution in [3.8, 4) is 0 Å². The predicted molar refractivity (Wildman–Crippen MR) is 155 cm³/mol. The first kappa shape index (κ1) is 29.5. The largest absolute Gasteiger partial charge is 0.444 e. The molecule has 45 heavy (non-hydrogen) atoms. The molecule has 4 heterocycles. The van der Waals surface area contributed by atoms with Gasteiger partial charge in [0.1, 0.15) is 23.7 Å². The number of carbonyl (C=O) groups is 2. The molecule has 0 radical (unpaired) electrons. The van der Waals surface area contributed by atoms with Gasteiger partial charge in [-0.15, -0.1) is 0 Å². The van der Waals surface area contributed by atoms with Gasteiger partial charge in [-0.25, -0.2) is 19.2 Å². The summed E-state index contributed by atoms with van der Waals surface area (Å²) >= 11 is 0. The van der Waals surface area contributed by atoms with Crippen molar-refractivity contribution in [3.05, 3.63) is 57.4 Å². The fourth-order valence-electron chi connectivity index (χ4n) is 6.89. The molecule has 14 heteroatoms. The quantitative estimate of drug-likeness (QED) is 0.412. The summed E-state index contributed by atoms with van der Waals surface area (Å²) in [6.07, 6.45) is -0.501. The maximum absolute atomic E-state index is 14.6. The van der Waals surface area contributed by atoms with E-state index in [-0.39, 0.29) is 53.2 Å². The number of benzene rings is 1. The van der Waals surface area contributed by atoms with E-state index in [0.29, 0.717) is 55.1 Å². The molecule has 3 aromatic rings. The van der Waals surface area contributed by atoms with Gasteiger partial charge < -0.3 is 24.4 Å². The highest BCUT2D eigenvalue weighted by Crippen LogP contribution is 2.48. The summed E-state index contributed by atoms with van der Waals surface area (Å²) in [5.74, 6) is -1.61. The van der Waals surface area contributed by atoms with Gasteiger partial charge in [-0.05, 0) is 70.6 Å². The van der Waals surface area contributed by atoms with Gasteiger partial charge in [-0.1, -0.05) is 0 Å². The van der Waals surface area contributed by atoms with E-state index in [4.69, 9.17) is 4.74 Å². The number of nitrogens with zero attached hydrogens (tertiary/aromatic N) is 5. The molecule has 2 saturated carbocycles. The van der Waals surface area contributed by atoms with Crippen LogP contribution in [0.15, 0.2) is 29.2 Å². The normalized spacial score (nSPS) is 22.4. The Balaban J connectivity index is 1.25. The summed E-state index contributed by atoms with van der Waals surface area (Å²) in [6.45, 7) is 5.80. The number of carbonyl (C=O) groups excluding carboxylic acids is 2. The summed E-state index contributed by atoms with van der Waals surface area (Å²) in [7, 11) is 0. The maximum atomic E-state index is 14.6. The number of hydrogen-bond donors (Lipinski definition) is 1. The third kappa shape index (κ3) is 5.17. The highest BCUT2D eigenvalue weighted by atomic mass is 19.4. The van der Waals surface area contributed by atoms with Crippen LogP contribution in [0, 0.1) is 11.7 Å². The molecule has 7 rings (SSSR count). The van der Waals surface area contributed by atoms with Crippen LogP contribution in [-0.4, -0.2) is 62.2 Å². The molecule has 2 amide bonds. The van der Waals surface area contributed by atoms with Crippen molar-refractivity contribution in [2.45, 2.75) is 82.8 Å². The third-order valence-electron chi connectivity index (χ3n) is 9.06. The Kier molecular flexibility index (Phi) is 6.64. The van der Waals surface area contributed by atoms with Crippen LogP contribution in [0.1, 0.15) is 62.9 Å². The average Bonchev–Trinajstić information content (AvgIpc) is 3.79. The van der Waals surface area contributed by atoms with Crippen molar-refractivity contribution in [1.82, 2.24) is 19.4 Å². The van der Waals surface area contributed by atoms with E-state index in [1.807, 2.05) is 25.7 Å². The van der Waals surface area contributed by atoms with E-state index in [1.54, 1.807) is 15.7 Å². The lowest BCUT2D eigenvalue weighted by Gasteiger charge is -2.60. The Morgan fingerprint density at radius 1 is 1.13 bits per heavy atom. The molecular formula is C31H32F4N6O4. The molecule has 1 N–H and O–H groups in total. The zero-order chi connectivity index (χ0) is 32.0. The summed E-state index contributed by atoms with van der Waals surface area (Å²) in [6, 6.07) is 1.67. The SMILES string of the molecule is CC(C)(C)OC(=O)N1CCN2c3c(n(CC(=O)Nc4ccc(C(F)(F)F)cc4F)c4ncc(C5CC5)nc4c3=O)CC3C[C@H]1[C@H]32. The molecule has 4 aliphatic rings. The van der Waals surface area contributed by atoms with Crippen LogP contribution < -0.4 is 15.6 Å². The molecule has 1 saturated heterocycles. The minimum atomic E-state index is -4.73. The molecule has 2 aliphatic carbocycles. The zero-order valence-corrected chi connectivity index (χ0v) is 24.9. The van der Waals surface area contributed by atoms with Gasteiger partial charge in [0, 0.05) is 24.7 Å². The molecule has 3 atom stereocenters. The Hall–Kier alpha value is -4.23. The van der Waals surface area contributed by atoms with Crippen LogP contribution in [0.4, 0.5) is 33.7 Å². The zero-order valence-electron chi connectivity index (χ0n) is 24.9. The standard InChI is InChI=1S/C31H32F4N6O4/c1-30(2,3)45-29(44)39-8-9-40-25-16(10-21(25)39)11-22-26(40)27(43)24-28(36-13-20(38-24)15-4-5-15)41(22)14-23(42)37-19-7-6-17(12-18(19)32)31(33,34)35/h6-7,12-13,15-16,21,25H,4-5,8-11,14H2,1-3H3,(H,37,42)/t16?,21-,25-/m0/s1. The van der Waals surface area contributed by atoms with Gasteiger partial charge in [0.15, 0.2) is 11.2 Å². The molecule has 0 bridgehead atoms. The van der Waals surface area contributed by atoms with Gasteiger partial charge in [-0.2, -0.15) is 13.2 Å². The van der Waals surface area contributed by atoms with E-state index >= 15 is 0 Å². The van der Waals surface area contributed by atoms with Gasteiger partial charge in [0.2, 0.25) is 11.3 Å². The van der Waals surface area contributed by atoms with Crippen LogP contribution in [0.2, 0.25) is 0 Å². The molecule has 3 fully saturated rings. The number of alkyl halides is 3. The number of pyridine rings is 1. The Morgan fingerprint density at radius 3 is 2.56 bits per heavy atom. The Labute approximate surface area is 255 Å². The lowest BCUT2D eigenvalue weighted by Crippen LogP contribution is -2.72. The van der Waals surface area contributed by atoms with Gasteiger partial charge in [0.25, 0.3) is 0 Å². The molecule has 1 unspecified atom stereocenters. The third-order valence-corrected chi connectivity index (χ3v) is 9.06. The Morgan fingerprint density at radius 2 is 1.89 bits per heavy atom. The lowest BCUT2D eigenvalue weighted by atomic mass is 9.67. The van der Waals surface area contributed by atoms with E-state index < -0.39 is 34.8 Å². The minimum Gasteiger partial charge on any atom is -0.444 e. The van der Waals surface area contributed by atoms with E-state index in [0.717, 1.165) is 18.9 Å². The number of amides is 2. The van der Waals surface area contributed by atoms with Gasteiger partial charge in [-0.3, -0.25) is 9.59 Å². The topological polar surface area (TPSA) is 110 Å². The fraction of sp³-hybridized carbons (Fsp3) is 0.516. The highest BCUT2D eigenvalue weighted by molar-refractivity contribution is 5.92.